The number of ether oxygens (including phenoxy) is 1. The SMILES string of the molecule is CCN(c1ccccc1)C(CN)c1c(C)nn(C)c1OC. The van der Waals surface area contributed by atoms with Gasteiger partial charge in [0.1, 0.15) is 0 Å². The third-order valence-electron chi connectivity index (χ3n) is 3.77. The molecular weight excluding hydrogens is 264 g/mol. The lowest BCUT2D eigenvalue weighted by Crippen LogP contribution is -2.34. The van der Waals surface area contributed by atoms with Crippen molar-refractivity contribution in [3.63, 3.8) is 0 Å². The van der Waals surface area contributed by atoms with Crippen molar-refractivity contribution in [2.75, 3.05) is 25.1 Å². The van der Waals surface area contributed by atoms with Crippen molar-refractivity contribution in [2.45, 2.75) is 19.9 Å². The van der Waals surface area contributed by atoms with Crippen molar-refractivity contribution < 1.29 is 4.74 Å². The lowest BCUT2D eigenvalue weighted by molar-refractivity contribution is 0.365. The molecule has 2 N–H and O–H groups in total. The molecule has 0 radical (unpaired) electrons. The first-order chi connectivity index (χ1) is 10.1. The Balaban J connectivity index is 2.48. The van der Waals surface area contributed by atoms with Gasteiger partial charge in [-0.1, -0.05) is 18.2 Å². The summed E-state index contributed by atoms with van der Waals surface area (Å²) in [4.78, 5) is 2.28. The average Bonchev–Trinajstić information content (AvgIpc) is 2.79. The summed E-state index contributed by atoms with van der Waals surface area (Å²) < 4.78 is 7.30. The van der Waals surface area contributed by atoms with E-state index in [1.165, 1.54) is 0 Å². The fourth-order valence-corrected chi connectivity index (χ4v) is 2.88. The van der Waals surface area contributed by atoms with Gasteiger partial charge in [-0.15, -0.1) is 0 Å². The molecule has 1 aromatic carbocycles. The predicted molar refractivity (Wildman–Crippen MR) is 85.8 cm³/mol. The molecule has 0 saturated carbocycles. The maximum Gasteiger partial charge on any atom is 0.216 e. The molecule has 0 aliphatic carbocycles. The average molecular weight is 288 g/mol. The number of rotatable bonds is 6. The number of likely N-dealkylation sites (N-methyl/N-ethyl adjacent to an activating group) is 1. The number of para-hydroxylation sites is 1. The maximum absolute atomic E-state index is 6.09. The van der Waals surface area contributed by atoms with Crippen LogP contribution in [0.4, 0.5) is 5.69 Å². The van der Waals surface area contributed by atoms with Crippen molar-refractivity contribution >= 4 is 5.69 Å². The molecule has 1 unspecified atom stereocenters. The molecule has 2 rings (SSSR count). The summed E-state index contributed by atoms with van der Waals surface area (Å²) in [6.07, 6.45) is 0. The van der Waals surface area contributed by atoms with E-state index in [0.29, 0.717) is 6.54 Å². The Morgan fingerprint density at radius 2 is 2.00 bits per heavy atom. The maximum atomic E-state index is 6.09. The van der Waals surface area contributed by atoms with Gasteiger partial charge < -0.3 is 15.4 Å². The van der Waals surface area contributed by atoms with Crippen molar-refractivity contribution in [3.8, 4) is 5.88 Å². The molecule has 21 heavy (non-hydrogen) atoms. The van der Waals surface area contributed by atoms with E-state index >= 15 is 0 Å². The van der Waals surface area contributed by atoms with Gasteiger partial charge in [-0.3, -0.25) is 0 Å². The van der Waals surface area contributed by atoms with Crippen LogP contribution in [0.5, 0.6) is 5.88 Å². The lowest BCUT2D eigenvalue weighted by atomic mass is 10.0. The Morgan fingerprint density at radius 1 is 1.33 bits per heavy atom. The Labute approximate surface area is 126 Å². The summed E-state index contributed by atoms with van der Waals surface area (Å²) in [7, 11) is 3.56. The third kappa shape index (κ3) is 2.88. The molecule has 0 aliphatic heterocycles. The molecule has 0 fully saturated rings. The number of nitrogens with two attached hydrogens (primary N) is 1. The van der Waals surface area contributed by atoms with E-state index in [9.17, 15) is 0 Å². The number of aryl methyl sites for hydroxylation is 2. The fraction of sp³-hybridized carbons (Fsp3) is 0.438. The molecule has 114 valence electrons. The van der Waals surface area contributed by atoms with Gasteiger partial charge in [0.15, 0.2) is 0 Å². The first kappa shape index (κ1) is 15.4. The van der Waals surface area contributed by atoms with E-state index in [4.69, 9.17) is 10.5 Å². The highest BCUT2D eigenvalue weighted by Crippen LogP contribution is 2.33. The van der Waals surface area contributed by atoms with Gasteiger partial charge in [0.2, 0.25) is 5.88 Å². The van der Waals surface area contributed by atoms with E-state index in [0.717, 1.165) is 29.4 Å². The van der Waals surface area contributed by atoms with Crippen LogP contribution in [0.1, 0.15) is 24.2 Å². The molecule has 0 saturated heterocycles. The molecule has 0 aliphatic rings. The number of anilines is 1. The highest BCUT2D eigenvalue weighted by atomic mass is 16.5. The van der Waals surface area contributed by atoms with Gasteiger partial charge in [0.25, 0.3) is 0 Å². The van der Waals surface area contributed by atoms with Crippen LogP contribution >= 0.6 is 0 Å². The number of aromatic nitrogens is 2. The predicted octanol–water partition coefficient (Wildman–Crippen LogP) is 2.26. The van der Waals surface area contributed by atoms with Crippen molar-refractivity contribution in [1.29, 1.82) is 0 Å². The Hall–Kier alpha value is -2.01. The topological polar surface area (TPSA) is 56.3 Å². The van der Waals surface area contributed by atoms with Gasteiger partial charge in [-0.05, 0) is 26.0 Å². The van der Waals surface area contributed by atoms with Crippen LogP contribution < -0.4 is 15.4 Å². The van der Waals surface area contributed by atoms with Gasteiger partial charge >= 0.3 is 0 Å². The van der Waals surface area contributed by atoms with Gasteiger partial charge in [-0.2, -0.15) is 5.10 Å². The van der Waals surface area contributed by atoms with Gasteiger partial charge in [-0.25, -0.2) is 4.68 Å². The second-order valence-electron chi connectivity index (χ2n) is 5.01. The fourth-order valence-electron chi connectivity index (χ4n) is 2.88. The third-order valence-corrected chi connectivity index (χ3v) is 3.77. The number of benzene rings is 1. The Bertz CT molecular complexity index is 579. The molecule has 1 aromatic heterocycles. The summed E-state index contributed by atoms with van der Waals surface area (Å²) in [5.74, 6) is 0.775. The second kappa shape index (κ2) is 6.63. The zero-order valence-corrected chi connectivity index (χ0v) is 13.2. The largest absolute Gasteiger partial charge is 0.481 e. The smallest absolute Gasteiger partial charge is 0.216 e. The van der Waals surface area contributed by atoms with Crippen LogP contribution in [-0.4, -0.2) is 30.0 Å². The normalized spacial score (nSPS) is 12.2. The van der Waals surface area contributed by atoms with E-state index in [2.05, 4.69) is 29.1 Å². The molecular formula is C16H24N4O. The minimum atomic E-state index is 0.0426. The summed E-state index contributed by atoms with van der Waals surface area (Å²) in [5.41, 5.74) is 9.26. The monoisotopic (exact) mass is 288 g/mol. The van der Waals surface area contributed by atoms with E-state index in [-0.39, 0.29) is 6.04 Å². The molecule has 5 heteroatoms. The second-order valence-corrected chi connectivity index (χ2v) is 5.01. The lowest BCUT2D eigenvalue weighted by Gasteiger charge is -2.32. The molecule has 1 heterocycles. The summed E-state index contributed by atoms with van der Waals surface area (Å²) in [5, 5.41) is 4.47. The summed E-state index contributed by atoms with van der Waals surface area (Å²) >= 11 is 0. The zero-order chi connectivity index (χ0) is 15.4. The summed E-state index contributed by atoms with van der Waals surface area (Å²) in [6, 6.07) is 10.3. The number of hydrogen-bond acceptors (Lipinski definition) is 4. The minimum absolute atomic E-state index is 0.0426. The number of nitrogens with zero attached hydrogens (tertiary/aromatic N) is 3. The summed E-state index contributed by atoms with van der Waals surface area (Å²) in [6.45, 7) is 5.50. The van der Waals surface area contributed by atoms with E-state index < -0.39 is 0 Å². The molecule has 5 nitrogen and oxygen atoms in total. The van der Waals surface area contributed by atoms with E-state index in [1.807, 2.05) is 32.2 Å². The number of hydrogen-bond donors (Lipinski definition) is 1. The molecule has 0 spiro atoms. The Kier molecular flexibility index (Phi) is 4.85. The first-order valence-corrected chi connectivity index (χ1v) is 7.23. The van der Waals surface area contributed by atoms with E-state index in [1.54, 1.807) is 11.8 Å². The molecule has 1 atom stereocenters. The standard InChI is InChI=1S/C16H24N4O/c1-5-20(13-9-7-6-8-10-13)14(11-17)15-12(2)18-19(3)16(15)21-4/h6-10,14H,5,11,17H2,1-4H3. The molecule has 2 aromatic rings. The molecule has 0 bridgehead atoms. The molecule has 0 amide bonds. The van der Waals surface area contributed by atoms with Crippen molar-refractivity contribution in [2.24, 2.45) is 12.8 Å². The van der Waals surface area contributed by atoms with Crippen LogP contribution in [-0.2, 0) is 7.05 Å². The minimum Gasteiger partial charge on any atom is -0.481 e. The van der Waals surface area contributed by atoms with Crippen molar-refractivity contribution in [3.05, 3.63) is 41.6 Å². The van der Waals surface area contributed by atoms with Crippen LogP contribution in [0, 0.1) is 6.92 Å². The van der Waals surface area contributed by atoms with Crippen LogP contribution in [0.2, 0.25) is 0 Å². The number of methoxy groups -OCH3 is 1. The van der Waals surface area contributed by atoms with Gasteiger partial charge in [0, 0.05) is 25.8 Å². The van der Waals surface area contributed by atoms with Crippen LogP contribution in [0.3, 0.4) is 0 Å². The Morgan fingerprint density at radius 3 is 2.52 bits per heavy atom. The van der Waals surface area contributed by atoms with Crippen LogP contribution in [0.15, 0.2) is 30.3 Å². The first-order valence-electron chi connectivity index (χ1n) is 7.23. The zero-order valence-electron chi connectivity index (χ0n) is 13.2. The quantitative estimate of drug-likeness (QED) is 0.886. The van der Waals surface area contributed by atoms with Crippen LogP contribution in [0.25, 0.3) is 0 Å². The van der Waals surface area contributed by atoms with Gasteiger partial charge in [0.05, 0.1) is 24.4 Å². The highest BCUT2D eigenvalue weighted by Gasteiger charge is 2.27. The highest BCUT2D eigenvalue weighted by molar-refractivity contribution is 5.51. The van der Waals surface area contributed by atoms with Crippen molar-refractivity contribution in [1.82, 2.24) is 9.78 Å².